The van der Waals surface area contributed by atoms with Gasteiger partial charge >= 0.3 is 0 Å². The number of hydrogen-bond donors (Lipinski definition) is 0. The Morgan fingerprint density at radius 2 is 2.04 bits per heavy atom. The van der Waals surface area contributed by atoms with Crippen molar-refractivity contribution in [2.24, 2.45) is 0 Å². The molecule has 1 aromatic carbocycles. The van der Waals surface area contributed by atoms with Gasteiger partial charge in [-0.05, 0) is 50.6 Å². The number of benzene rings is 1. The number of aryl methyl sites for hydroxylation is 1. The van der Waals surface area contributed by atoms with Crippen molar-refractivity contribution in [2.75, 3.05) is 6.54 Å². The van der Waals surface area contributed by atoms with E-state index in [1.165, 1.54) is 37.0 Å². The van der Waals surface area contributed by atoms with Gasteiger partial charge in [0.2, 0.25) is 0 Å². The van der Waals surface area contributed by atoms with Crippen LogP contribution in [0, 0.1) is 5.82 Å². The van der Waals surface area contributed by atoms with Crippen LogP contribution in [-0.4, -0.2) is 26.4 Å². The molecule has 0 radical (unpaired) electrons. The molecule has 3 aromatic rings. The van der Waals surface area contributed by atoms with Crippen LogP contribution in [0.25, 0.3) is 11.3 Å². The quantitative estimate of drug-likeness (QED) is 0.648. The van der Waals surface area contributed by atoms with Crippen molar-refractivity contribution in [3.05, 3.63) is 59.9 Å². The normalized spacial score (nSPS) is 18.5. The SMILES string of the molecule is CCn1cc(CN2CCCCCC2c2cc(-c3ccc(F)cc3)no2)cn1. The van der Waals surface area contributed by atoms with E-state index in [1.54, 1.807) is 12.1 Å². The second kappa shape index (κ2) is 8.05. The first-order valence-electron chi connectivity index (χ1n) is 9.71. The van der Waals surface area contributed by atoms with E-state index in [0.717, 1.165) is 43.1 Å². The minimum absolute atomic E-state index is 0.208. The van der Waals surface area contributed by atoms with E-state index in [2.05, 4.69) is 28.3 Å². The lowest BCUT2D eigenvalue weighted by molar-refractivity contribution is 0.160. The summed E-state index contributed by atoms with van der Waals surface area (Å²) in [7, 11) is 0. The van der Waals surface area contributed by atoms with Crippen molar-refractivity contribution in [2.45, 2.75) is 51.7 Å². The molecule has 1 unspecified atom stereocenters. The smallest absolute Gasteiger partial charge is 0.154 e. The van der Waals surface area contributed by atoms with Crippen molar-refractivity contribution in [3.63, 3.8) is 0 Å². The molecule has 3 heterocycles. The van der Waals surface area contributed by atoms with Crippen LogP contribution < -0.4 is 0 Å². The van der Waals surface area contributed by atoms with Gasteiger partial charge in [0.15, 0.2) is 5.76 Å². The summed E-state index contributed by atoms with van der Waals surface area (Å²) in [6, 6.07) is 8.59. The molecular formula is C21H25FN4O. The molecule has 6 heteroatoms. The summed E-state index contributed by atoms with van der Waals surface area (Å²) in [6.07, 6.45) is 8.74. The zero-order chi connectivity index (χ0) is 18.6. The standard InChI is InChI=1S/C21H25FN4O/c1-2-26-15-16(13-23-26)14-25-11-5-3-4-6-20(25)21-12-19(24-27-21)17-7-9-18(22)10-8-17/h7-10,12-13,15,20H,2-6,11,14H2,1H3. The molecule has 0 aliphatic carbocycles. The van der Waals surface area contributed by atoms with Crippen LogP contribution in [0.3, 0.4) is 0 Å². The average Bonchev–Trinajstić information content (AvgIpc) is 3.29. The van der Waals surface area contributed by atoms with E-state index in [4.69, 9.17) is 4.52 Å². The Hall–Kier alpha value is -2.47. The molecule has 1 aliphatic rings. The van der Waals surface area contributed by atoms with Crippen molar-refractivity contribution in [1.29, 1.82) is 0 Å². The molecule has 5 nitrogen and oxygen atoms in total. The summed E-state index contributed by atoms with van der Waals surface area (Å²) >= 11 is 0. The van der Waals surface area contributed by atoms with E-state index in [0.29, 0.717) is 0 Å². The van der Waals surface area contributed by atoms with Crippen molar-refractivity contribution < 1.29 is 8.91 Å². The third kappa shape index (κ3) is 4.11. The van der Waals surface area contributed by atoms with Crippen LogP contribution in [0.2, 0.25) is 0 Å². The fourth-order valence-electron chi connectivity index (χ4n) is 3.78. The molecule has 142 valence electrons. The number of hydrogen-bond acceptors (Lipinski definition) is 4. The highest BCUT2D eigenvalue weighted by Crippen LogP contribution is 2.33. The predicted molar refractivity (Wildman–Crippen MR) is 101 cm³/mol. The van der Waals surface area contributed by atoms with Crippen LogP contribution in [-0.2, 0) is 13.1 Å². The number of aromatic nitrogens is 3. The van der Waals surface area contributed by atoms with E-state index in [9.17, 15) is 4.39 Å². The fraction of sp³-hybridized carbons (Fsp3) is 0.429. The Kier molecular flexibility index (Phi) is 5.34. The first-order chi connectivity index (χ1) is 13.2. The number of halogens is 1. The third-order valence-corrected chi connectivity index (χ3v) is 5.26. The monoisotopic (exact) mass is 368 g/mol. The molecule has 0 amide bonds. The highest BCUT2D eigenvalue weighted by atomic mass is 19.1. The van der Waals surface area contributed by atoms with Crippen LogP contribution in [0.15, 0.2) is 47.2 Å². The summed E-state index contributed by atoms with van der Waals surface area (Å²) in [4.78, 5) is 2.47. The topological polar surface area (TPSA) is 47.1 Å². The van der Waals surface area contributed by atoms with Gasteiger partial charge in [0.25, 0.3) is 0 Å². The first kappa shape index (κ1) is 17.9. The lowest BCUT2D eigenvalue weighted by Gasteiger charge is -2.27. The largest absolute Gasteiger partial charge is 0.359 e. The Labute approximate surface area is 158 Å². The second-order valence-corrected chi connectivity index (χ2v) is 7.16. The first-order valence-corrected chi connectivity index (χ1v) is 9.71. The molecule has 0 N–H and O–H groups in total. The van der Waals surface area contributed by atoms with Crippen LogP contribution in [0.5, 0.6) is 0 Å². The van der Waals surface area contributed by atoms with Crippen molar-refractivity contribution in [1.82, 2.24) is 19.8 Å². The Morgan fingerprint density at radius 1 is 1.19 bits per heavy atom. The van der Waals surface area contributed by atoms with Gasteiger partial charge in [-0.1, -0.05) is 18.0 Å². The van der Waals surface area contributed by atoms with E-state index < -0.39 is 0 Å². The highest BCUT2D eigenvalue weighted by Gasteiger charge is 2.26. The minimum Gasteiger partial charge on any atom is -0.359 e. The average molecular weight is 368 g/mol. The lowest BCUT2D eigenvalue weighted by Crippen LogP contribution is -2.27. The lowest BCUT2D eigenvalue weighted by atomic mass is 10.1. The highest BCUT2D eigenvalue weighted by molar-refractivity contribution is 5.58. The van der Waals surface area contributed by atoms with Crippen LogP contribution in [0.4, 0.5) is 4.39 Å². The maximum absolute atomic E-state index is 13.2. The number of nitrogens with zero attached hydrogens (tertiary/aromatic N) is 4. The molecule has 0 saturated carbocycles. The zero-order valence-electron chi connectivity index (χ0n) is 15.6. The fourth-order valence-corrected chi connectivity index (χ4v) is 3.78. The van der Waals surface area contributed by atoms with Gasteiger partial charge in [-0.25, -0.2) is 4.39 Å². The van der Waals surface area contributed by atoms with Gasteiger partial charge in [0.1, 0.15) is 11.5 Å². The summed E-state index contributed by atoms with van der Waals surface area (Å²) in [5.41, 5.74) is 2.85. The number of rotatable bonds is 5. The second-order valence-electron chi connectivity index (χ2n) is 7.16. The Balaban J connectivity index is 1.56. The molecule has 1 fully saturated rings. The van der Waals surface area contributed by atoms with E-state index in [-0.39, 0.29) is 11.9 Å². The van der Waals surface area contributed by atoms with Gasteiger partial charge in [0.05, 0.1) is 12.2 Å². The Morgan fingerprint density at radius 3 is 2.81 bits per heavy atom. The predicted octanol–water partition coefficient (Wildman–Crippen LogP) is 4.81. The summed E-state index contributed by atoms with van der Waals surface area (Å²) < 4.78 is 20.9. The zero-order valence-corrected chi connectivity index (χ0v) is 15.6. The summed E-state index contributed by atoms with van der Waals surface area (Å²) in [5, 5.41) is 8.64. The Bertz CT molecular complexity index is 870. The molecule has 2 aromatic heterocycles. The molecule has 4 rings (SSSR count). The molecule has 27 heavy (non-hydrogen) atoms. The van der Waals surface area contributed by atoms with E-state index in [1.807, 2.05) is 16.9 Å². The minimum atomic E-state index is -0.245. The maximum Gasteiger partial charge on any atom is 0.154 e. The van der Waals surface area contributed by atoms with Gasteiger partial charge in [-0.2, -0.15) is 5.10 Å². The van der Waals surface area contributed by atoms with Gasteiger partial charge in [-0.3, -0.25) is 9.58 Å². The van der Waals surface area contributed by atoms with Crippen LogP contribution >= 0.6 is 0 Å². The van der Waals surface area contributed by atoms with Crippen LogP contribution in [0.1, 0.15) is 50.0 Å². The van der Waals surface area contributed by atoms with Crippen molar-refractivity contribution in [3.8, 4) is 11.3 Å². The van der Waals surface area contributed by atoms with Gasteiger partial charge < -0.3 is 4.52 Å². The molecule has 1 aliphatic heterocycles. The molecule has 1 atom stereocenters. The van der Waals surface area contributed by atoms with Gasteiger partial charge in [-0.15, -0.1) is 0 Å². The summed E-state index contributed by atoms with van der Waals surface area (Å²) in [5.74, 6) is 0.643. The molecule has 1 saturated heterocycles. The molecule has 0 spiro atoms. The molecular weight excluding hydrogens is 343 g/mol. The van der Waals surface area contributed by atoms with E-state index >= 15 is 0 Å². The molecule has 0 bridgehead atoms. The number of likely N-dealkylation sites (tertiary alicyclic amines) is 1. The third-order valence-electron chi connectivity index (χ3n) is 5.26. The summed E-state index contributed by atoms with van der Waals surface area (Å²) in [6.45, 7) is 4.87. The maximum atomic E-state index is 13.2. The van der Waals surface area contributed by atoms with Crippen molar-refractivity contribution >= 4 is 0 Å². The van der Waals surface area contributed by atoms with Gasteiger partial charge in [0, 0.05) is 36.5 Å².